The lowest BCUT2D eigenvalue weighted by atomic mass is 10.0. The first-order valence-corrected chi connectivity index (χ1v) is 10.9. The summed E-state index contributed by atoms with van der Waals surface area (Å²) in [4.78, 5) is 43.2. The fourth-order valence-corrected chi connectivity index (χ4v) is 3.89. The molecule has 4 rings (SSSR count). The van der Waals surface area contributed by atoms with Crippen molar-refractivity contribution in [3.8, 4) is 5.75 Å². The van der Waals surface area contributed by atoms with Crippen molar-refractivity contribution in [2.75, 3.05) is 12.4 Å². The van der Waals surface area contributed by atoms with Crippen molar-refractivity contribution in [3.05, 3.63) is 98.6 Å². The molecule has 0 aliphatic heterocycles. The second-order valence-corrected chi connectivity index (χ2v) is 8.34. The van der Waals surface area contributed by atoms with E-state index in [0.29, 0.717) is 32.9 Å². The van der Waals surface area contributed by atoms with Crippen LogP contribution in [0.1, 0.15) is 27.0 Å². The van der Waals surface area contributed by atoms with Gasteiger partial charge in [0.2, 0.25) is 11.3 Å². The van der Waals surface area contributed by atoms with E-state index in [4.69, 9.17) is 16.3 Å². The van der Waals surface area contributed by atoms with Gasteiger partial charge in [0, 0.05) is 40.6 Å². The van der Waals surface area contributed by atoms with Crippen molar-refractivity contribution in [2.45, 2.75) is 20.4 Å². The molecule has 0 saturated carbocycles. The molecule has 2 aromatic heterocycles. The molecule has 8 heteroatoms. The molecule has 4 aromatic rings. The average molecular weight is 476 g/mol. The first-order valence-electron chi connectivity index (χ1n) is 10.5. The van der Waals surface area contributed by atoms with E-state index in [1.807, 2.05) is 19.9 Å². The summed E-state index contributed by atoms with van der Waals surface area (Å²) in [5.74, 6) is -0.356. The van der Waals surface area contributed by atoms with E-state index in [1.165, 1.54) is 25.7 Å². The largest absolute Gasteiger partial charge is 0.495 e. The maximum absolute atomic E-state index is 13.2. The Labute approximate surface area is 201 Å². The van der Waals surface area contributed by atoms with Crippen LogP contribution in [0.4, 0.5) is 5.69 Å². The number of carbonyl (C=O) groups is 2. The third kappa shape index (κ3) is 4.56. The number of nitrogens with one attached hydrogen (secondary N) is 1. The highest BCUT2D eigenvalue weighted by atomic mass is 35.5. The van der Waals surface area contributed by atoms with Crippen LogP contribution >= 0.6 is 11.6 Å². The first-order chi connectivity index (χ1) is 16.3. The number of ketones is 1. The maximum atomic E-state index is 13.2. The zero-order valence-electron chi connectivity index (χ0n) is 18.9. The van der Waals surface area contributed by atoms with Gasteiger partial charge in [0.1, 0.15) is 12.3 Å². The van der Waals surface area contributed by atoms with Crippen molar-refractivity contribution in [1.29, 1.82) is 0 Å². The Kier molecular flexibility index (Phi) is 6.47. The maximum Gasteiger partial charge on any atom is 0.244 e. The van der Waals surface area contributed by atoms with E-state index in [-0.39, 0.29) is 23.4 Å². The van der Waals surface area contributed by atoms with E-state index in [2.05, 4.69) is 10.3 Å². The van der Waals surface area contributed by atoms with Gasteiger partial charge in [0.15, 0.2) is 5.78 Å². The van der Waals surface area contributed by atoms with E-state index < -0.39 is 5.78 Å². The topological polar surface area (TPSA) is 90.3 Å². The monoisotopic (exact) mass is 475 g/mol. The fraction of sp³-hybridized carbons (Fsp3) is 0.154. The number of methoxy groups -OCH3 is 1. The predicted octanol–water partition coefficient (Wildman–Crippen LogP) is 4.55. The number of hydrogen-bond donors (Lipinski definition) is 1. The van der Waals surface area contributed by atoms with Gasteiger partial charge in [-0.3, -0.25) is 19.4 Å². The number of anilines is 1. The van der Waals surface area contributed by atoms with Crippen LogP contribution in [0.15, 0.2) is 65.8 Å². The molecule has 0 radical (unpaired) electrons. The molecule has 0 fully saturated rings. The summed E-state index contributed by atoms with van der Waals surface area (Å²) in [6.07, 6.45) is 4.42. The summed E-state index contributed by atoms with van der Waals surface area (Å²) in [6.45, 7) is 3.57. The van der Waals surface area contributed by atoms with Crippen LogP contribution in [-0.2, 0) is 11.3 Å². The predicted molar refractivity (Wildman–Crippen MR) is 132 cm³/mol. The van der Waals surface area contributed by atoms with Crippen molar-refractivity contribution in [2.24, 2.45) is 0 Å². The number of pyridine rings is 2. The lowest BCUT2D eigenvalue weighted by molar-refractivity contribution is -0.116. The van der Waals surface area contributed by atoms with Gasteiger partial charge in [0.25, 0.3) is 0 Å². The number of ether oxygens (including phenoxy) is 1. The first kappa shape index (κ1) is 23.2. The standard InChI is InChI=1S/C26H22ClN3O4/c1-15-4-5-22-18(10-15)26(33)19(25(32)17-6-8-28-9-7-17)13-30(22)14-24(31)29-21-11-16(2)20(27)12-23(21)34-3/h4-13H,14H2,1-3H3,(H,29,31). The highest BCUT2D eigenvalue weighted by molar-refractivity contribution is 6.31. The minimum Gasteiger partial charge on any atom is -0.495 e. The van der Waals surface area contributed by atoms with Gasteiger partial charge in [0.05, 0.1) is 23.9 Å². The van der Waals surface area contributed by atoms with E-state index in [0.717, 1.165) is 11.1 Å². The molecule has 34 heavy (non-hydrogen) atoms. The second-order valence-electron chi connectivity index (χ2n) is 7.94. The van der Waals surface area contributed by atoms with E-state index >= 15 is 0 Å². The number of halogens is 1. The SMILES string of the molecule is COc1cc(Cl)c(C)cc1NC(=O)Cn1cc(C(=O)c2ccncc2)c(=O)c2cc(C)ccc21. The highest BCUT2D eigenvalue weighted by Gasteiger charge is 2.19. The van der Waals surface area contributed by atoms with Crippen molar-refractivity contribution < 1.29 is 14.3 Å². The van der Waals surface area contributed by atoms with Gasteiger partial charge in [-0.15, -0.1) is 0 Å². The molecule has 172 valence electrons. The molecule has 7 nitrogen and oxygen atoms in total. The Hall–Kier alpha value is -3.97. The van der Waals surface area contributed by atoms with Gasteiger partial charge in [-0.05, 0) is 49.7 Å². The normalized spacial score (nSPS) is 10.8. The molecule has 2 heterocycles. The number of carbonyl (C=O) groups excluding carboxylic acids is 2. The number of nitrogens with zero attached hydrogens (tertiary/aromatic N) is 2. The molecule has 0 aliphatic rings. The summed E-state index contributed by atoms with van der Waals surface area (Å²) in [6, 6.07) is 11.8. The summed E-state index contributed by atoms with van der Waals surface area (Å²) < 4.78 is 6.94. The minimum atomic E-state index is -0.431. The van der Waals surface area contributed by atoms with Crippen LogP contribution in [0.2, 0.25) is 5.02 Å². The summed E-state index contributed by atoms with van der Waals surface area (Å²) >= 11 is 6.16. The summed E-state index contributed by atoms with van der Waals surface area (Å²) in [5, 5.41) is 3.73. The molecule has 1 amide bonds. The molecule has 0 unspecified atom stereocenters. The van der Waals surface area contributed by atoms with E-state index in [1.54, 1.807) is 41.0 Å². The Morgan fingerprint density at radius 2 is 1.82 bits per heavy atom. The molecular formula is C26H22ClN3O4. The number of benzene rings is 2. The smallest absolute Gasteiger partial charge is 0.244 e. The third-order valence-corrected chi connectivity index (χ3v) is 5.90. The molecular weight excluding hydrogens is 454 g/mol. The van der Waals surface area contributed by atoms with Crippen molar-refractivity contribution in [3.63, 3.8) is 0 Å². The summed E-state index contributed by atoms with van der Waals surface area (Å²) in [7, 11) is 1.49. The molecule has 0 aliphatic carbocycles. The number of aromatic nitrogens is 2. The molecule has 0 spiro atoms. The van der Waals surface area contributed by atoms with Crippen molar-refractivity contribution in [1.82, 2.24) is 9.55 Å². The lowest BCUT2D eigenvalue weighted by Gasteiger charge is -2.15. The van der Waals surface area contributed by atoms with Crippen LogP contribution in [-0.4, -0.2) is 28.4 Å². The minimum absolute atomic E-state index is 0.0167. The van der Waals surface area contributed by atoms with Crippen LogP contribution in [0.25, 0.3) is 10.9 Å². The molecule has 2 aromatic carbocycles. The average Bonchev–Trinajstić information content (AvgIpc) is 2.83. The van der Waals surface area contributed by atoms with E-state index in [9.17, 15) is 14.4 Å². The Morgan fingerprint density at radius 1 is 1.09 bits per heavy atom. The number of amides is 1. The number of hydrogen-bond acceptors (Lipinski definition) is 5. The van der Waals surface area contributed by atoms with Gasteiger partial charge in [-0.25, -0.2) is 0 Å². The van der Waals surface area contributed by atoms with Crippen LogP contribution < -0.4 is 15.5 Å². The zero-order valence-corrected chi connectivity index (χ0v) is 19.6. The Bertz CT molecular complexity index is 1480. The highest BCUT2D eigenvalue weighted by Crippen LogP contribution is 2.31. The fourth-order valence-electron chi connectivity index (χ4n) is 3.74. The van der Waals surface area contributed by atoms with Gasteiger partial charge in [-0.2, -0.15) is 0 Å². The zero-order chi connectivity index (χ0) is 24.4. The Balaban J connectivity index is 1.76. The van der Waals surface area contributed by atoms with Crippen molar-refractivity contribution >= 4 is 39.9 Å². The number of rotatable bonds is 6. The second kappa shape index (κ2) is 9.49. The van der Waals surface area contributed by atoms with Gasteiger partial charge >= 0.3 is 0 Å². The van der Waals surface area contributed by atoms with Crippen LogP contribution in [0, 0.1) is 13.8 Å². The van der Waals surface area contributed by atoms with Gasteiger partial charge < -0.3 is 14.6 Å². The van der Waals surface area contributed by atoms with Crippen LogP contribution in [0.3, 0.4) is 0 Å². The molecule has 0 atom stereocenters. The third-order valence-electron chi connectivity index (χ3n) is 5.49. The quantitative estimate of drug-likeness (QED) is 0.413. The van der Waals surface area contributed by atoms with Crippen LogP contribution in [0.5, 0.6) is 5.75 Å². The Morgan fingerprint density at radius 3 is 2.53 bits per heavy atom. The molecule has 0 bridgehead atoms. The van der Waals surface area contributed by atoms with Gasteiger partial charge in [-0.1, -0.05) is 23.2 Å². The molecule has 1 N–H and O–H groups in total. The number of fused-ring (bicyclic) bond motifs is 1. The molecule has 0 saturated heterocycles. The number of aryl methyl sites for hydroxylation is 2. The lowest BCUT2D eigenvalue weighted by Crippen LogP contribution is -2.24. The summed E-state index contributed by atoms with van der Waals surface area (Å²) in [5.41, 5.74) is 2.63.